The minimum Gasteiger partial charge on any atom is -0.394 e. The van der Waals surface area contributed by atoms with Gasteiger partial charge in [0.15, 0.2) is 0 Å². The van der Waals surface area contributed by atoms with E-state index in [1.165, 1.54) is 18.3 Å². The van der Waals surface area contributed by atoms with E-state index >= 15 is 0 Å². The molecule has 144 valence electrons. The van der Waals surface area contributed by atoms with E-state index in [1.807, 2.05) is 0 Å². The van der Waals surface area contributed by atoms with Crippen LogP contribution in [0, 0.1) is 5.82 Å². The Balaban J connectivity index is 1.85. The van der Waals surface area contributed by atoms with Gasteiger partial charge in [0.25, 0.3) is 5.91 Å². The first kappa shape index (κ1) is 20.2. The number of anilines is 1. The molecule has 3 aromatic rings. The lowest BCUT2D eigenvalue weighted by atomic mass is 10.0. The topological polar surface area (TPSA) is 101 Å². The highest BCUT2D eigenvalue weighted by atomic mass is 79.9. The fraction of sp³-hybridized carbons (Fsp3) is 0.105. The fourth-order valence-electron chi connectivity index (χ4n) is 2.63. The number of nitrogen functional groups attached to an aromatic ring is 1. The molecule has 0 aliphatic carbocycles. The summed E-state index contributed by atoms with van der Waals surface area (Å²) in [6.07, 6.45) is 1.43. The number of aromatic nitrogens is 2. The number of benzene rings is 2. The standard InChI is InChI=1S/C19H15BrClFN4O2/c20-16-8-24-18(23)17(26-16)11-4-5-13(14(22)7-11)19(28)25-15(9-27)10-2-1-3-12(21)6-10/h1-8,15,27H,9H2,(H2,23,24)(H,25,28)/t15-/m1/s1. The molecule has 0 aliphatic rings. The third-order valence-electron chi connectivity index (χ3n) is 4.00. The first-order valence-electron chi connectivity index (χ1n) is 8.14. The molecule has 4 N–H and O–H groups in total. The molecule has 0 saturated carbocycles. The second-order valence-electron chi connectivity index (χ2n) is 5.88. The van der Waals surface area contributed by atoms with Crippen molar-refractivity contribution in [2.45, 2.75) is 6.04 Å². The van der Waals surface area contributed by atoms with Crippen LogP contribution in [0.1, 0.15) is 22.0 Å². The number of aliphatic hydroxyl groups is 1. The lowest BCUT2D eigenvalue weighted by Crippen LogP contribution is -2.31. The molecule has 1 aromatic heterocycles. The summed E-state index contributed by atoms with van der Waals surface area (Å²) in [5, 5.41) is 12.7. The number of hydrogen-bond acceptors (Lipinski definition) is 5. The monoisotopic (exact) mass is 464 g/mol. The molecule has 1 heterocycles. The van der Waals surface area contributed by atoms with E-state index in [4.69, 9.17) is 17.3 Å². The van der Waals surface area contributed by atoms with Crippen LogP contribution in [0.5, 0.6) is 0 Å². The molecular weight excluding hydrogens is 451 g/mol. The van der Waals surface area contributed by atoms with E-state index in [0.29, 0.717) is 26.4 Å². The van der Waals surface area contributed by atoms with Crippen LogP contribution < -0.4 is 11.1 Å². The SMILES string of the molecule is Nc1ncc(Br)nc1-c1ccc(C(=O)N[C@H](CO)c2cccc(Cl)c2)c(F)c1. The molecule has 0 saturated heterocycles. The van der Waals surface area contributed by atoms with Gasteiger partial charge in [-0.1, -0.05) is 29.8 Å². The zero-order chi connectivity index (χ0) is 20.3. The van der Waals surface area contributed by atoms with Crippen molar-refractivity contribution in [1.82, 2.24) is 15.3 Å². The Morgan fingerprint density at radius 3 is 2.79 bits per heavy atom. The zero-order valence-corrected chi connectivity index (χ0v) is 16.7. The molecule has 6 nitrogen and oxygen atoms in total. The van der Waals surface area contributed by atoms with Crippen molar-refractivity contribution in [2.24, 2.45) is 0 Å². The molecule has 0 fully saturated rings. The van der Waals surface area contributed by atoms with Crippen LogP contribution in [0.25, 0.3) is 11.3 Å². The van der Waals surface area contributed by atoms with Gasteiger partial charge >= 0.3 is 0 Å². The first-order valence-corrected chi connectivity index (χ1v) is 9.31. The number of nitrogens with one attached hydrogen (secondary N) is 1. The van der Waals surface area contributed by atoms with Crippen LogP contribution in [0.15, 0.2) is 53.3 Å². The lowest BCUT2D eigenvalue weighted by molar-refractivity contribution is 0.0912. The minimum absolute atomic E-state index is 0.140. The molecule has 9 heteroatoms. The number of rotatable bonds is 5. The van der Waals surface area contributed by atoms with Gasteiger partial charge in [0.2, 0.25) is 0 Å². The summed E-state index contributed by atoms with van der Waals surface area (Å²) in [6, 6.07) is 10.00. The number of aliphatic hydroxyl groups excluding tert-OH is 1. The highest BCUT2D eigenvalue weighted by Gasteiger charge is 2.19. The highest BCUT2D eigenvalue weighted by Crippen LogP contribution is 2.26. The van der Waals surface area contributed by atoms with Crippen LogP contribution in [0.4, 0.5) is 10.2 Å². The Morgan fingerprint density at radius 2 is 2.11 bits per heavy atom. The molecule has 2 aromatic carbocycles. The van der Waals surface area contributed by atoms with Gasteiger partial charge in [-0.2, -0.15) is 0 Å². The largest absolute Gasteiger partial charge is 0.394 e. The fourth-order valence-corrected chi connectivity index (χ4v) is 3.11. The van der Waals surface area contributed by atoms with Gasteiger partial charge in [-0.15, -0.1) is 0 Å². The van der Waals surface area contributed by atoms with E-state index in [9.17, 15) is 14.3 Å². The molecule has 0 aliphatic heterocycles. The average molecular weight is 466 g/mol. The second-order valence-corrected chi connectivity index (χ2v) is 7.13. The Kier molecular flexibility index (Phi) is 6.23. The molecule has 0 radical (unpaired) electrons. The number of carbonyl (C=O) groups is 1. The summed E-state index contributed by atoms with van der Waals surface area (Å²) in [6.45, 7) is -0.365. The molecule has 0 spiro atoms. The first-order chi connectivity index (χ1) is 13.4. The molecule has 0 unspecified atom stereocenters. The second kappa shape index (κ2) is 8.64. The summed E-state index contributed by atoms with van der Waals surface area (Å²) < 4.78 is 15.0. The summed E-state index contributed by atoms with van der Waals surface area (Å²) in [5.41, 5.74) is 6.91. The zero-order valence-electron chi connectivity index (χ0n) is 14.4. The lowest BCUT2D eigenvalue weighted by Gasteiger charge is -2.17. The van der Waals surface area contributed by atoms with E-state index in [1.54, 1.807) is 24.3 Å². The number of hydrogen-bond donors (Lipinski definition) is 3. The number of carbonyl (C=O) groups excluding carboxylic acids is 1. The molecule has 28 heavy (non-hydrogen) atoms. The summed E-state index contributed by atoms with van der Waals surface area (Å²) >= 11 is 9.14. The third kappa shape index (κ3) is 4.46. The smallest absolute Gasteiger partial charge is 0.254 e. The van der Waals surface area contributed by atoms with Crippen molar-refractivity contribution in [1.29, 1.82) is 0 Å². The van der Waals surface area contributed by atoms with Gasteiger partial charge in [-0.25, -0.2) is 14.4 Å². The molecular formula is C19H15BrClFN4O2. The Morgan fingerprint density at radius 1 is 1.32 bits per heavy atom. The van der Waals surface area contributed by atoms with Gasteiger partial charge in [-0.3, -0.25) is 4.79 Å². The maximum absolute atomic E-state index is 14.6. The van der Waals surface area contributed by atoms with E-state index in [-0.39, 0.29) is 18.0 Å². The molecule has 1 atom stereocenters. The Hall–Kier alpha value is -2.55. The summed E-state index contributed by atoms with van der Waals surface area (Å²) in [5.74, 6) is -1.28. The van der Waals surface area contributed by atoms with Crippen LogP contribution in [-0.4, -0.2) is 27.6 Å². The van der Waals surface area contributed by atoms with E-state index in [0.717, 1.165) is 6.07 Å². The van der Waals surface area contributed by atoms with Crippen molar-refractivity contribution in [3.8, 4) is 11.3 Å². The van der Waals surface area contributed by atoms with Crippen LogP contribution >= 0.6 is 27.5 Å². The molecule has 3 rings (SSSR count). The maximum Gasteiger partial charge on any atom is 0.254 e. The minimum atomic E-state index is -0.751. The third-order valence-corrected chi connectivity index (χ3v) is 4.61. The van der Waals surface area contributed by atoms with Crippen LogP contribution in [0.2, 0.25) is 5.02 Å². The normalized spacial score (nSPS) is 11.9. The van der Waals surface area contributed by atoms with Crippen molar-refractivity contribution in [3.63, 3.8) is 0 Å². The highest BCUT2D eigenvalue weighted by molar-refractivity contribution is 9.10. The number of nitrogens with two attached hydrogens (primary N) is 1. The summed E-state index contributed by atoms with van der Waals surface area (Å²) in [7, 11) is 0. The van der Waals surface area contributed by atoms with E-state index < -0.39 is 17.8 Å². The Bertz CT molecular complexity index is 1030. The van der Waals surface area contributed by atoms with Gasteiger partial charge in [0, 0.05) is 10.6 Å². The van der Waals surface area contributed by atoms with Crippen molar-refractivity contribution in [2.75, 3.05) is 12.3 Å². The predicted octanol–water partition coefficient (Wildman–Crippen LogP) is 3.74. The van der Waals surface area contributed by atoms with Gasteiger partial charge in [0.05, 0.1) is 24.4 Å². The van der Waals surface area contributed by atoms with Crippen molar-refractivity contribution >= 4 is 39.3 Å². The van der Waals surface area contributed by atoms with Crippen LogP contribution in [-0.2, 0) is 0 Å². The van der Waals surface area contributed by atoms with Crippen molar-refractivity contribution in [3.05, 3.63) is 75.2 Å². The number of amides is 1. The van der Waals surface area contributed by atoms with Gasteiger partial charge in [0.1, 0.15) is 21.9 Å². The predicted molar refractivity (Wildman–Crippen MR) is 108 cm³/mol. The van der Waals surface area contributed by atoms with Gasteiger partial charge in [-0.05, 0) is 45.8 Å². The number of nitrogens with zero attached hydrogens (tertiary/aromatic N) is 2. The summed E-state index contributed by atoms with van der Waals surface area (Å²) in [4.78, 5) is 20.7. The molecule has 1 amide bonds. The maximum atomic E-state index is 14.6. The van der Waals surface area contributed by atoms with E-state index in [2.05, 4.69) is 31.2 Å². The van der Waals surface area contributed by atoms with Gasteiger partial charge < -0.3 is 16.2 Å². The van der Waals surface area contributed by atoms with Crippen molar-refractivity contribution < 1.29 is 14.3 Å². The average Bonchev–Trinajstić information content (AvgIpc) is 2.67. The Labute approximate surface area is 173 Å². The quantitative estimate of drug-likeness (QED) is 0.533. The van der Waals surface area contributed by atoms with Crippen LogP contribution in [0.3, 0.4) is 0 Å². The molecule has 0 bridgehead atoms. The number of halogens is 3.